The van der Waals surface area contributed by atoms with Crippen molar-refractivity contribution >= 4 is 12.0 Å². The van der Waals surface area contributed by atoms with E-state index in [2.05, 4.69) is 15.0 Å². The molecule has 102 valence electrons. The van der Waals surface area contributed by atoms with Gasteiger partial charge in [0.05, 0.1) is 0 Å². The van der Waals surface area contributed by atoms with Crippen LogP contribution >= 0.6 is 0 Å². The number of hydrogen-bond acceptors (Lipinski definition) is 4. The van der Waals surface area contributed by atoms with Crippen molar-refractivity contribution in [2.45, 2.75) is 19.5 Å². The highest BCUT2D eigenvalue weighted by Gasteiger charge is 2.37. The number of amides is 1. The number of nitrogens with zero attached hydrogens (tertiary/aromatic N) is 2. The van der Waals surface area contributed by atoms with Gasteiger partial charge in [-0.1, -0.05) is 12.1 Å². The van der Waals surface area contributed by atoms with Crippen molar-refractivity contribution in [1.82, 2.24) is 10.5 Å². The van der Waals surface area contributed by atoms with Gasteiger partial charge in [-0.2, -0.15) is 18.4 Å². The Balaban J connectivity index is 3.03. The molecular formula is C11H10F3N3O2. The van der Waals surface area contributed by atoms with Gasteiger partial charge in [0.25, 0.3) is 5.91 Å². The summed E-state index contributed by atoms with van der Waals surface area (Å²) in [5.41, 5.74) is -2.18. The quantitative estimate of drug-likeness (QED) is 0.673. The van der Waals surface area contributed by atoms with Gasteiger partial charge < -0.3 is 9.84 Å². The lowest BCUT2D eigenvalue weighted by molar-refractivity contribution is -0.142. The minimum absolute atomic E-state index is 0.327. The first-order chi connectivity index (χ1) is 8.90. The van der Waals surface area contributed by atoms with Gasteiger partial charge in [-0.3, -0.25) is 4.79 Å². The first-order valence-corrected chi connectivity index (χ1v) is 5.31. The molecule has 1 rings (SSSR count). The summed E-state index contributed by atoms with van der Waals surface area (Å²) in [6.45, 7) is 2.13. The van der Waals surface area contributed by atoms with Crippen molar-refractivity contribution < 1.29 is 22.5 Å². The maximum atomic E-state index is 12.5. The van der Waals surface area contributed by atoms with Gasteiger partial charge in [0.2, 0.25) is 0 Å². The highest BCUT2D eigenvalue weighted by Crippen LogP contribution is 2.31. The molecule has 1 heterocycles. The molecule has 0 aromatic carbocycles. The van der Waals surface area contributed by atoms with Crippen LogP contribution in [0.5, 0.6) is 0 Å². The number of nitriles is 1. The molecule has 8 heteroatoms. The van der Waals surface area contributed by atoms with Crippen molar-refractivity contribution in [3.8, 4) is 6.07 Å². The Morgan fingerprint density at radius 2 is 2.32 bits per heavy atom. The smallest absolute Gasteiger partial charge is 0.364 e. The molecule has 5 nitrogen and oxygen atoms in total. The van der Waals surface area contributed by atoms with Crippen LogP contribution < -0.4 is 5.32 Å². The largest absolute Gasteiger partial charge is 0.437 e. The van der Waals surface area contributed by atoms with E-state index in [0.717, 1.165) is 12.3 Å². The number of aromatic nitrogens is 1. The lowest BCUT2D eigenvalue weighted by Gasteiger charge is -2.03. The summed E-state index contributed by atoms with van der Waals surface area (Å²) in [6.07, 6.45) is -2.54. The molecule has 1 aromatic heterocycles. The summed E-state index contributed by atoms with van der Waals surface area (Å²) in [5.74, 6) is -0.737. The summed E-state index contributed by atoms with van der Waals surface area (Å²) in [5, 5.41) is 14.0. The number of rotatable bonds is 4. The van der Waals surface area contributed by atoms with Crippen LogP contribution in [0.4, 0.5) is 13.2 Å². The monoisotopic (exact) mass is 273 g/mol. The number of hydrogen-bond donors (Lipinski definition) is 1. The van der Waals surface area contributed by atoms with Crippen molar-refractivity contribution in [1.29, 1.82) is 5.26 Å². The standard InChI is InChI=1S/C11H10F3N3O2/c1-2-3-16-10(18)7(5-15)4-8-6-19-17-9(8)11(12,13)14/h4,6H,2-3H2,1H3,(H,16,18)/b7-4+. The predicted octanol–water partition coefficient (Wildman–Crippen LogP) is 2.13. The maximum Gasteiger partial charge on any atom is 0.437 e. The van der Waals surface area contributed by atoms with Crippen LogP contribution in [0.1, 0.15) is 24.6 Å². The number of alkyl halides is 3. The molecule has 0 bridgehead atoms. The summed E-state index contributed by atoms with van der Waals surface area (Å²) in [6, 6.07) is 1.54. The fourth-order valence-corrected chi connectivity index (χ4v) is 1.20. The lowest BCUT2D eigenvalue weighted by atomic mass is 10.1. The van der Waals surface area contributed by atoms with Gasteiger partial charge in [-0.25, -0.2) is 0 Å². The topological polar surface area (TPSA) is 78.9 Å². The maximum absolute atomic E-state index is 12.5. The van der Waals surface area contributed by atoms with Crippen LogP contribution in [-0.4, -0.2) is 17.6 Å². The van der Waals surface area contributed by atoms with E-state index in [9.17, 15) is 18.0 Å². The normalized spacial score (nSPS) is 12.1. The van der Waals surface area contributed by atoms with Gasteiger partial charge >= 0.3 is 6.18 Å². The van der Waals surface area contributed by atoms with Crippen LogP contribution in [0.2, 0.25) is 0 Å². The first-order valence-electron chi connectivity index (χ1n) is 5.31. The second-order valence-electron chi connectivity index (χ2n) is 3.54. The van der Waals surface area contributed by atoms with E-state index in [1.165, 1.54) is 6.07 Å². The molecule has 0 unspecified atom stereocenters. The van der Waals surface area contributed by atoms with Gasteiger partial charge in [0.1, 0.15) is 17.9 Å². The van der Waals surface area contributed by atoms with Crippen molar-refractivity contribution in [3.63, 3.8) is 0 Å². The molecule has 0 saturated carbocycles. The van der Waals surface area contributed by atoms with Gasteiger partial charge in [-0.05, 0) is 12.5 Å². The zero-order chi connectivity index (χ0) is 14.5. The van der Waals surface area contributed by atoms with Gasteiger partial charge in [-0.15, -0.1) is 0 Å². The predicted molar refractivity (Wildman–Crippen MR) is 58.4 cm³/mol. The molecule has 0 radical (unpaired) electrons. The molecule has 0 saturated heterocycles. The van der Waals surface area contributed by atoms with E-state index in [0.29, 0.717) is 13.0 Å². The molecular weight excluding hydrogens is 263 g/mol. The molecule has 19 heavy (non-hydrogen) atoms. The Kier molecular flexibility index (Phi) is 4.69. The minimum atomic E-state index is -4.71. The Bertz CT molecular complexity index is 526. The van der Waals surface area contributed by atoms with E-state index in [1.54, 1.807) is 6.92 Å². The number of nitrogens with one attached hydrogen (secondary N) is 1. The van der Waals surface area contributed by atoms with Crippen LogP contribution in [0.25, 0.3) is 6.08 Å². The molecule has 1 amide bonds. The molecule has 0 aliphatic carbocycles. The average Bonchev–Trinajstić information content (AvgIpc) is 2.80. The number of carbonyl (C=O) groups excluding carboxylic acids is 1. The number of carbonyl (C=O) groups is 1. The Morgan fingerprint density at radius 3 is 2.84 bits per heavy atom. The van der Waals surface area contributed by atoms with Crippen LogP contribution in [0.3, 0.4) is 0 Å². The van der Waals surface area contributed by atoms with E-state index in [4.69, 9.17) is 5.26 Å². The Labute approximate surface area is 106 Å². The third-order valence-corrected chi connectivity index (χ3v) is 2.07. The van der Waals surface area contributed by atoms with E-state index < -0.39 is 28.9 Å². The van der Waals surface area contributed by atoms with Crippen LogP contribution in [0.15, 0.2) is 16.4 Å². The average molecular weight is 273 g/mol. The fraction of sp³-hybridized carbons (Fsp3) is 0.364. The minimum Gasteiger partial charge on any atom is -0.364 e. The Hall–Kier alpha value is -2.30. The fourth-order valence-electron chi connectivity index (χ4n) is 1.20. The van der Waals surface area contributed by atoms with Crippen molar-refractivity contribution in [2.24, 2.45) is 0 Å². The van der Waals surface area contributed by atoms with Crippen molar-refractivity contribution in [2.75, 3.05) is 6.54 Å². The summed E-state index contributed by atoms with van der Waals surface area (Å²) < 4.78 is 41.7. The van der Waals surface area contributed by atoms with Crippen molar-refractivity contribution in [3.05, 3.63) is 23.1 Å². The SMILES string of the molecule is CCCNC(=O)/C(C#N)=C/c1conc1C(F)(F)F. The summed E-state index contributed by atoms with van der Waals surface area (Å²) in [4.78, 5) is 11.5. The molecule has 1 aromatic rings. The Morgan fingerprint density at radius 1 is 1.63 bits per heavy atom. The molecule has 0 spiro atoms. The first kappa shape index (κ1) is 14.8. The van der Waals surface area contributed by atoms with E-state index in [-0.39, 0.29) is 0 Å². The van der Waals surface area contributed by atoms with E-state index in [1.807, 2.05) is 0 Å². The molecule has 1 N–H and O–H groups in total. The third-order valence-electron chi connectivity index (χ3n) is 2.07. The van der Waals surface area contributed by atoms with Gasteiger partial charge in [0.15, 0.2) is 5.69 Å². The summed E-state index contributed by atoms with van der Waals surface area (Å²) >= 11 is 0. The highest BCUT2D eigenvalue weighted by molar-refractivity contribution is 6.01. The second-order valence-corrected chi connectivity index (χ2v) is 3.54. The summed E-state index contributed by atoms with van der Waals surface area (Å²) in [7, 11) is 0. The highest BCUT2D eigenvalue weighted by atomic mass is 19.4. The number of halogens is 3. The van der Waals surface area contributed by atoms with Gasteiger partial charge in [0, 0.05) is 12.1 Å². The van der Waals surface area contributed by atoms with Crippen LogP contribution in [0, 0.1) is 11.3 Å². The second kappa shape index (κ2) is 6.04. The zero-order valence-electron chi connectivity index (χ0n) is 9.91. The molecule has 0 atom stereocenters. The van der Waals surface area contributed by atoms with E-state index >= 15 is 0 Å². The molecule has 0 aliphatic rings. The lowest BCUT2D eigenvalue weighted by Crippen LogP contribution is -2.25. The zero-order valence-corrected chi connectivity index (χ0v) is 9.91. The van der Waals surface area contributed by atoms with Crippen LogP contribution in [-0.2, 0) is 11.0 Å². The molecule has 0 aliphatic heterocycles. The molecule has 0 fully saturated rings. The third kappa shape index (κ3) is 3.84.